The zero-order valence-corrected chi connectivity index (χ0v) is 17.3. The Hall–Kier alpha value is -1.56. The van der Waals surface area contributed by atoms with Crippen molar-refractivity contribution in [3.05, 3.63) is 29.8 Å². The number of sulfone groups is 1. The summed E-state index contributed by atoms with van der Waals surface area (Å²) in [6.07, 6.45) is 6.02. The predicted molar refractivity (Wildman–Crippen MR) is 110 cm³/mol. The molecule has 0 bridgehead atoms. The topological polar surface area (TPSA) is 66.5 Å². The molecule has 27 heavy (non-hydrogen) atoms. The van der Waals surface area contributed by atoms with Gasteiger partial charge in [0.1, 0.15) is 0 Å². The lowest BCUT2D eigenvalue weighted by Gasteiger charge is -2.38. The molecule has 1 heterocycles. The fraction of sp³-hybridized carbons (Fsp3) is 0.667. The lowest BCUT2D eigenvalue weighted by molar-refractivity contribution is -0.134. The van der Waals surface area contributed by atoms with Crippen molar-refractivity contribution in [1.82, 2.24) is 4.90 Å². The first-order chi connectivity index (χ1) is 12.9. The van der Waals surface area contributed by atoms with Crippen LogP contribution in [0.4, 0.5) is 5.69 Å². The van der Waals surface area contributed by atoms with Crippen molar-refractivity contribution < 1.29 is 13.2 Å². The van der Waals surface area contributed by atoms with Crippen molar-refractivity contribution in [3.8, 4) is 0 Å². The molecular weight excluding hydrogens is 360 g/mol. The molecule has 1 N–H and O–H groups in total. The first-order valence-electron chi connectivity index (χ1n) is 10.2. The van der Waals surface area contributed by atoms with Crippen LogP contribution in [0.3, 0.4) is 0 Å². The second kappa shape index (κ2) is 8.63. The van der Waals surface area contributed by atoms with E-state index >= 15 is 0 Å². The molecule has 1 aromatic carbocycles. The summed E-state index contributed by atoms with van der Waals surface area (Å²) < 4.78 is 23.9. The van der Waals surface area contributed by atoms with Crippen LogP contribution in [0.1, 0.15) is 63.9 Å². The van der Waals surface area contributed by atoms with Crippen LogP contribution in [-0.2, 0) is 14.6 Å². The van der Waals surface area contributed by atoms with Gasteiger partial charge in [-0.1, -0.05) is 45.2 Å². The maximum absolute atomic E-state index is 13.1. The van der Waals surface area contributed by atoms with Crippen molar-refractivity contribution in [1.29, 1.82) is 0 Å². The summed E-state index contributed by atoms with van der Waals surface area (Å²) in [6, 6.07) is 8.21. The Kier molecular flexibility index (Phi) is 6.45. The van der Waals surface area contributed by atoms with E-state index in [-0.39, 0.29) is 36.0 Å². The van der Waals surface area contributed by atoms with Crippen LogP contribution < -0.4 is 5.32 Å². The van der Waals surface area contributed by atoms with E-state index < -0.39 is 9.84 Å². The molecule has 5 nitrogen and oxygen atoms in total. The third-order valence-electron chi connectivity index (χ3n) is 5.88. The molecule has 1 amide bonds. The van der Waals surface area contributed by atoms with E-state index in [0.29, 0.717) is 12.3 Å². The Morgan fingerprint density at radius 3 is 2.30 bits per heavy atom. The molecule has 2 aliphatic rings. The fourth-order valence-electron chi connectivity index (χ4n) is 4.31. The third kappa shape index (κ3) is 5.24. The van der Waals surface area contributed by atoms with E-state index in [9.17, 15) is 13.2 Å². The number of benzene rings is 1. The number of anilines is 1. The predicted octanol–water partition coefficient (Wildman–Crippen LogP) is 3.57. The van der Waals surface area contributed by atoms with Gasteiger partial charge in [0.25, 0.3) is 0 Å². The molecule has 2 fully saturated rings. The number of nitrogens with zero attached hydrogens (tertiary/aromatic N) is 1. The molecule has 3 rings (SSSR count). The van der Waals surface area contributed by atoms with Gasteiger partial charge in [-0.3, -0.25) is 4.79 Å². The first-order valence-corrected chi connectivity index (χ1v) is 12.0. The maximum atomic E-state index is 13.1. The largest absolute Gasteiger partial charge is 0.376 e. The van der Waals surface area contributed by atoms with Crippen LogP contribution >= 0.6 is 0 Å². The van der Waals surface area contributed by atoms with Gasteiger partial charge in [0.2, 0.25) is 5.91 Å². The van der Waals surface area contributed by atoms with Gasteiger partial charge in [-0.05, 0) is 42.9 Å². The zero-order chi connectivity index (χ0) is 19.4. The highest BCUT2D eigenvalue weighted by Crippen LogP contribution is 2.28. The van der Waals surface area contributed by atoms with Gasteiger partial charge < -0.3 is 10.2 Å². The average Bonchev–Trinajstić information content (AvgIpc) is 3.00. The van der Waals surface area contributed by atoms with Gasteiger partial charge in [0, 0.05) is 17.8 Å². The summed E-state index contributed by atoms with van der Waals surface area (Å²) >= 11 is 0. The molecule has 0 spiro atoms. The third-order valence-corrected chi connectivity index (χ3v) is 7.63. The number of nitrogens with one attached hydrogen (secondary N) is 1. The Bertz CT molecular complexity index is 737. The van der Waals surface area contributed by atoms with Gasteiger partial charge in [-0.15, -0.1) is 0 Å². The summed E-state index contributed by atoms with van der Waals surface area (Å²) in [5, 5.41) is 3.23. The van der Waals surface area contributed by atoms with E-state index in [1.54, 1.807) is 0 Å². The van der Waals surface area contributed by atoms with Gasteiger partial charge in [-0.2, -0.15) is 0 Å². The van der Waals surface area contributed by atoms with Crippen LogP contribution in [0.25, 0.3) is 0 Å². The van der Waals surface area contributed by atoms with Crippen LogP contribution in [-0.4, -0.2) is 49.4 Å². The summed E-state index contributed by atoms with van der Waals surface area (Å²) in [4.78, 5) is 15.0. The molecule has 1 atom stereocenters. The molecule has 0 radical (unpaired) electrons. The minimum atomic E-state index is -3.01. The number of carbonyl (C=O) groups is 1. The first kappa shape index (κ1) is 20.2. The Morgan fingerprint density at radius 1 is 1.07 bits per heavy atom. The molecule has 1 aromatic rings. The molecule has 1 saturated heterocycles. The molecule has 1 saturated carbocycles. The van der Waals surface area contributed by atoms with Gasteiger partial charge in [-0.25, -0.2) is 8.42 Å². The second-order valence-electron chi connectivity index (χ2n) is 8.28. The molecule has 1 unspecified atom stereocenters. The number of hydrogen-bond acceptors (Lipinski definition) is 4. The van der Waals surface area contributed by atoms with Crippen molar-refractivity contribution in [3.63, 3.8) is 0 Å². The van der Waals surface area contributed by atoms with Crippen molar-refractivity contribution in [2.75, 3.05) is 23.4 Å². The lowest BCUT2D eigenvalue weighted by Crippen LogP contribution is -2.50. The Labute approximate surface area is 163 Å². The number of amides is 1. The van der Waals surface area contributed by atoms with Crippen molar-refractivity contribution in [2.24, 2.45) is 0 Å². The highest BCUT2D eigenvalue weighted by atomic mass is 32.2. The van der Waals surface area contributed by atoms with Crippen LogP contribution in [0.15, 0.2) is 24.3 Å². The SMILES string of the molecule is CC(C)c1ccc(NCC(=O)N(C2CCCCC2)C2CCS(=O)(=O)C2)cc1. The monoisotopic (exact) mass is 392 g/mol. The summed E-state index contributed by atoms with van der Waals surface area (Å²) in [5.41, 5.74) is 2.20. The van der Waals surface area contributed by atoms with E-state index in [4.69, 9.17) is 0 Å². The highest BCUT2D eigenvalue weighted by Gasteiger charge is 2.38. The molecule has 150 valence electrons. The normalized spacial score (nSPS) is 22.7. The number of hydrogen-bond donors (Lipinski definition) is 1. The number of rotatable bonds is 6. The Balaban J connectivity index is 1.67. The van der Waals surface area contributed by atoms with Crippen molar-refractivity contribution >= 4 is 21.4 Å². The fourth-order valence-corrected chi connectivity index (χ4v) is 6.03. The van der Waals surface area contributed by atoms with E-state index in [2.05, 4.69) is 31.3 Å². The molecule has 0 aromatic heterocycles. The lowest BCUT2D eigenvalue weighted by atomic mass is 9.93. The standard InChI is InChI=1S/C21H32N2O3S/c1-16(2)17-8-10-18(11-9-17)22-14-21(24)23(19-6-4-3-5-7-19)20-12-13-27(25,26)15-20/h8-11,16,19-20,22H,3-7,12-15H2,1-2H3. The molecular formula is C21H32N2O3S. The minimum Gasteiger partial charge on any atom is -0.376 e. The molecule has 1 aliphatic heterocycles. The van der Waals surface area contributed by atoms with Gasteiger partial charge in [0.15, 0.2) is 9.84 Å². The number of carbonyl (C=O) groups excluding carboxylic acids is 1. The van der Waals surface area contributed by atoms with Crippen LogP contribution in [0.5, 0.6) is 0 Å². The van der Waals surface area contributed by atoms with Crippen LogP contribution in [0.2, 0.25) is 0 Å². The quantitative estimate of drug-likeness (QED) is 0.804. The summed E-state index contributed by atoms with van der Waals surface area (Å²) in [6.45, 7) is 4.53. The Morgan fingerprint density at radius 2 is 1.74 bits per heavy atom. The summed E-state index contributed by atoms with van der Waals surface area (Å²) in [5.74, 6) is 0.833. The van der Waals surface area contributed by atoms with Crippen LogP contribution in [0, 0.1) is 0 Å². The smallest absolute Gasteiger partial charge is 0.242 e. The summed E-state index contributed by atoms with van der Waals surface area (Å²) in [7, 11) is -3.01. The van der Waals surface area contributed by atoms with E-state index in [1.807, 2.05) is 17.0 Å². The van der Waals surface area contributed by atoms with E-state index in [0.717, 1.165) is 31.4 Å². The zero-order valence-electron chi connectivity index (χ0n) is 16.5. The minimum absolute atomic E-state index is 0.0249. The highest BCUT2D eigenvalue weighted by molar-refractivity contribution is 7.91. The molecule has 6 heteroatoms. The second-order valence-corrected chi connectivity index (χ2v) is 10.5. The average molecular weight is 393 g/mol. The van der Waals surface area contributed by atoms with Gasteiger partial charge in [0.05, 0.1) is 18.1 Å². The maximum Gasteiger partial charge on any atom is 0.242 e. The van der Waals surface area contributed by atoms with Gasteiger partial charge >= 0.3 is 0 Å². The van der Waals surface area contributed by atoms with E-state index in [1.165, 1.54) is 12.0 Å². The molecule has 1 aliphatic carbocycles. The van der Waals surface area contributed by atoms with Crippen molar-refractivity contribution in [2.45, 2.75) is 70.4 Å².